The van der Waals surface area contributed by atoms with Gasteiger partial charge in [0.15, 0.2) is 0 Å². The number of nitrogens with two attached hydrogens (primary N) is 1. The van der Waals surface area contributed by atoms with Crippen LogP contribution in [0.25, 0.3) is 0 Å². The fourth-order valence-corrected chi connectivity index (χ4v) is 0.576. The number of nitrogens with one attached hydrogen (secondary N) is 2. The minimum absolute atomic E-state index is 0.151. The molecule has 52 valence electrons. The van der Waals surface area contributed by atoms with Crippen molar-refractivity contribution < 1.29 is 4.79 Å². The second kappa shape index (κ2) is 2.80. The Morgan fingerprint density at radius 2 is 2.33 bits per heavy atom. The van der Waals surface area contributed by atoms with E-state index in [0.717, 1.165) is 0 Å². The normalized spacial score (nSPS) is 17.4. The van der Waals surface area contributed by atoms with Gasteiger partial charge in [-0.05, 0) is 12.8 Å². The molecule has 4 nitrogen and oxygen atoms in total. The third-order valence-electron chi connectivity index (χ3n) is 1.29. The second-order valence-corrected chi connectivity index (χ2v) is 2.22. The molecule has 0 radical (unpaired) electrons. The van der Waals surface area contributed by atoms with E-state index in [1.165, 1.54) is 12.8 Å². The van der Waals surface area contributed by atoms with E-state index >= 15 is 0 Å². The molecule has 4 heteroatoms. The lowest BCUT2D eigenvalue weighted by Crippen LogP contribution is -2.38. The Morgan fingerprint density at radius 3 is 2.78 bits per heavy atom. The average molecular weight is 129 g/mol. The highest BCUT2D eigenvalue weighted by Gasteiger charge is 2.20. The second-order valence-electron chi connectivity index (χ2n) is 2.22. The third kappa shape index (κ3) is 2.43. The first-order chi connectivity index (χ1) is 4.33. The molecule has 0 saturated heterocycles. The van der Waals surface area contributed by atoms with Gasteiger partial charge in [-0.25, -0.2) is 5.84 Å². The van der Waals surface area contributed by atoms with Gasteiger partial charge in [0, 0.05) is 6.04 Å². The van der Waals surface area contributed by atoms with Gasteiger partial charge in [-0.15, -0.1) is 0 Å². The van der Waals surface area contributed by atoms with Crippen LogP contribution in [0, 0.1) is 0 Å². The van der Waals surface area contributed by atoms with Crippen LogP contribution in [0.5, 0.6) is 0 Å². The van der Waals surface area contributed by atoms with Crippen molar-refractivity contribution in [3.05, 3.63) is 0 Å². The predicted octanol–water partition coefficient (Wildman–Crippen LogP) is -1.27. The van der Waals surface area contributed by atoms with Crippen molar-refractivity contribution in [1.82, 2.24) is 10.7 Å². The molecular weight excluding hydrogens is 118 g/mol. The van der Waals surface area contributed by atoms with Gasteiger partial charge >= 0.3 is 0 Å². The zero-order valence-electron chi connectivity index (χ0n) is 5.18. The summed E-state index contributed by atoms with van der Waals surface area (Å²) < 4.78 is 0. The number of amides is 1. The van der Waals surface area contributed by atoms with Crippen LogP contribution in [0.3, 0.4) is 0 Å². The van der Waals surface area contributed by atoms with Crippen LogP contribution in [-0.2, 0) is 4.79 Å². The first-order valence-corrected chi connectivity index (χ1v) is 3.06. The van der Waals surface area contributed by atoms with Crippen LogP contribution in [0.15, 0.2) is 0 Å². The zero-order chi connectivity index (χ0) is 6.69. The molecule has 0 unspecified atom stereocenters. The molecular formula is C5H11N3O. The van der Waals surface area contributed by atoms with Crippen LogP contribution in [0.4, 0.5) is 0 Å². The first kappa shape index (κ1) is 6.51. The SMILES string of the molecule is NNC(=O)CNC1CC1. The molecule has 1 aliphatic rings. The van der Waals surface area contributed by atoms with Crippen molar-refractivity contribution in [2.24, 2.45) is 5.84 Å². The van der Waals surface area contributed by atoms with Crippen LogP contribution in [-0.4, -0.2) is 18.5 Å². The van der Waals surface area contributed by atoms with Crippen LogP contribution < -0.4 is 16.6 Å². The van der Waals surface area contributed by atoms with Gasteiger partial charge in [0.2, 0.25) is 5.91 Å². The molecule has 4 N–H and O–H groups in total. The summed E-state index contributed by atoms with van der Waals surface area (Å²) in [6.07, 6.45) is 2.38. The maximum Gasteiger partial charge on any atom is 0.247 e. The monoisotopic (exact) mass is 129 g/mol. The van der Waals surface area contributed by atoms with Crippen molar-refractivity contribution in [1.29, 1.82) is 0 Å². The lowest BCUT2D eigenvalue weighted by molar-refractivity contribution is -0.120. The highest BCUT2D eigenvalue weighted by molar-refractivity contribution is 5.77. The Labute approximate surface area is 53.8 Å². The highest BCUT2D eigenvalue weighted by atomic mass is 16.2. The maximum atomic E-state index is 10.4. The van der Waals surface area contributed by atoms with E-state index in [9.17, 15) is 4.79 Å². The quantitative estimate of drug-likeness (QED) is 0.253. The summed E-state index contributed by atoms with van der Waals surface area (Å²) in [5, 5.41) is 3.02. The van der Waals surface area contributed by atoms with Gasteiger partial charge < -0.3 is 5.32 Å². The average Bonchev–Trinajstić information content (AvgIpc) is 2.65. The summed E-state index contributed by atoms with van der Waals surface area (Å²) in [5.41, 5.74) is 2.05. The lowest BCUT2D eigenvalue weighted by atomic mass is 10.5. The Hall–Kier alpha value is -0.610. The molecule has 1 aliphatic carbocycles. The Balaban J connectivity index is 1.96. The summed E-state index contributed by atoms with van der Waals surface area (Å²) in [7, 11) is 0. The van der Waals surface area contributed by atoms with Gasteiger partial charge in [-0.1, -0.05) is 0 Å². The standard InChI is InChI=1S/C5H11N3O/c6-8-5(9)3-7-4-1-2-4/h4,7H,1-3,6H2,(H,8,9). The number of rotatable bonds is 3. The van der Waals surface area contributed by atoms with Crippen molar-refractivity contribution >= 4 is 5.91 Å². The number of carbonyl (C=O) groups excluding carboxylic acids is 1. The van der Waals surface area contributed by atoms with Crippen LogP contribution in [0.2, 0.25) is 0 Å². The van der Waals surface area contributed by atoms with E-state index in [4.69, 9.17) is 5.84 Å². The first-order valence-electron chi connectivity index (χ1n) is 3.06. The molecule has 1 saturated carbocycles. The van der Waals surface area contributed by atoms with E-state index in [-0.39, 0.29) is 5.91 Å². The number of hydrazine groups is 1. The molecule has 0 aromatic rings. The van der Waals surface area contributed by atoms with Gasteiger partial charge in [0.1, 0.15) is 0 Å². The highest BCUT2D eigenvalue weighted by Crippen LogP contribution is 2.17. The molecule has 9 heavy (non-hydrogen) atoms. The summed E-state index contributed by atoms with van der Waals surface area (Å²) in [6, 6.07) is 0.572. The van der Waals surface area contributed by atoms with Crippen LogP contribution >= 0.6 is 0 Å². The summed E-state index contributed by atoms with van der Waals surface area (Å²) in [5.74, 6) is 4.69. The topological polar surface area (TPSA) is 67.1 Å². The Morgan fingerprint density at radius 1 is 1.67 bits per heavy atom. The van der Waals surface area contributed by atoms with Gasteiger partial charge in [-0.2, -0.15) is 0 Å². The fourth-order valence-electron chi connectivity index (χ4n) is 0.576. The maximum absolute atomic E-state index is 10.4. The molecule has 1 rings (SSSR count). The van der Waals surface area contributed by atoms with Gasteiger partial charge in [0.05, 0.1) is 6.54 Å². The van der Waals surface area contributed by atoms with Crippen molar-refractivity contribution in [2.75, 3.05) is 6.54 Å². The molecule has 0 spiro atoms. The van der Waals surface area contributed by atoms with Crippen molar-refractivity contribution in [2.45, 2.75) is 18.9 Å². The Kier molecular flexibility index (Phi) is 2.02. The largest absolute Gasteiger partial charge is 0.306 e. The molecule has 0 atom stereocenters. The van der Waals surface area contributed by atoms with E-state index in [0.29, 0.717) is 12.6 Å². The Bertz CT molecular complexity index is 111. The van der Waals surface area contributed by atoms with E-state index < -0.39 is 0 Å². The molecule has 0 bridgehead atoms. The summed E-state index contributed by atoms with van der Waals surface area (Å²) >= 11 is 0. The lowest BCUT2D eigenvalue weighted by Gasteiger charge is -1.98. The molecule has 0 heterocycles. The van der Waals surface area contributed by atoms with E-state index in [1.807, 2.05) is 5.43 Å². The minimum atomic E-state index is -0.151. The number of carbonyl (C=O) groups is 1. The van der Waals surface area contributed by atoms with Crippen LogP contribution in [0.1, 0.15) is 12.8 Å². The molecule has 1 fully saturated rings. The molecule has 0 aliphatic heterocycles. The van der Waals surface area contributed by atoms with Gasteiger partial charge in [-0.3, -0.25) is 10.2 Å². The van der Waals surface area contributed by atoms with E-state index in [1.54, 1.807) is 0 Å². The smallest absolute Gasteiger partial charge is 0.247 e. The zero-order valence-corrected chi connectivity index (χ0v) is 5.18. The molecule has 0 aromatic carbocycles. The van der Waals surface area contributed by atoms with Crippen molar-refractivity contribution in [3.63, 3.8) is 0 Å². The molecule has 1 amide bonds. The molecule has 0 aromatic heterocycles. The summed E-state index contributed by atoms with van der Waals surface area (Å²) in [6.45, 7) is 0.348. The predicted molar refractivity (Wildman–Crippen MR) is 33.4 cm³/mol. The van der Waals surface area contributed by atoms with Gasteiger partial charge in [0.25, 0.3) is 0 Å². The van der Waals surface area contributed by atoms with Crippen molar-refractivity contribution in [3.8, 4) is 0 Å². The minimum Gasteiger partial charge on any atom is -0.306 e. The number of hydrogen-bond acceptors (Lipinski definition) is 3. The summed E-state index contributed by atoms with van der Waals surface area (Å²) in [4.78, 5) is 10.4. The van der Waals surface area contributed by atoms with E-state index in [2.05, 4.69) is 5.32 Å². The number of hydrogen-bond donors (Lipinski definition) is 3. The fraction of sp³-hybridized carbons (Fsp3) is 0.800. The third-order valence-corrected chi connectivity index (χ3v) is 1.29.